The van der Waals surface area contributed by atoms with Crippen LogP contribution < -0.4 is 9.47 Å². The third kappa shape index (κ3) is 17.1. The Balaban J connectivity index is 1.62. The fourth-order valence-corrected chi connectivity index (χ4v) is 3.41. The van der Waals surface area contributed by atoms with Gasteiger partial charge in [0.05, 0.1) is 85.3 Å². The summed E-state index contributed by atoms with van der Waals surface area (Å²) in [5, 5.41) is 30.7. The van der Waals surface area contributed by atoms with Crippen LogP contribution in [0.25, 0.3) is 0 Å². The van der Waals surface area contributed by atoms with Crippen molar-refractivity contribution in [2.75, 3.05) is 107 Å². The van der Waals surface area contributed by atoms with Gasteiger partial charge < -0.3 is 53.2 Å². The molecule has 2 rings (SSSR count). The molecule has 0 radical (unpaired) electrons. The topological polar surface area (TPSA) is 159 Å². The molecule has 44 heavy (non-hydrogen) atoms. The van der Waals surface area contributed by atoms with Gasteiger partial charge in [0, 0.05) is 49.9 Å². The van der Waals surface area contributed by atoms with Crippen LogP contribution in [0.5, 0.6) is 23.0 Å². The summed E-state index contributed by atoms with van der Waals surface area (Å²) < 4.78 is 42.4. The van der Waals surface area contributed by atoms with Gasteiger partial charge in [0.25, 0.3) is 0 Å². The maximum absolute atomic E-state index is 10.3. The van der Waals surface area contributed by atoms with Gasteiger partial charge in [-0.2, -0.15) is 0 Å². The monoisotopic (exact) mass is 622 g/mol. The Kier molecular flexibility index (Phi) is 20.2. The van der Waals surface area contributed by atoms with Crippen LogP contribution in [-0.4, -0.2) is 140 Å². The van der Waals surface area contributed by atoms with Gasteiger partial charge >= 0.3 is 0 Å². The molecule has 13 nitrogen and oxygen atoms in total. The van der Waals surface area contributed by atoms with E-state index < -0.39 is 6.10 Å². The molecule has 0 aliphatic carbocycles. The van der Waals surface area contributed by atoms with E-state index in [9.17, 15) is 15.3 Å². The first-order chi connectivity index (χ1) is 21.5. The zero-order valence-electron chi connectivity index (χ0n) is 25.6. The smallest absolute Gasteiger partial charge is 0.128 e. The summed E-state index contributed by atoms with van der Waals surface area (Å²) in [5.74, 6) is 1.01. The van der Waals surface area contributed by atoms with Crippen molar-refractivity contribution in [2.24, 2.45) is 9.98 Å². The molecule has 2 aromatic rings. The normalized spacial score (nSPS) is 12.3. The molecule has 0 aliphatic heterocycles. The van der Waals surface area contributed by atoms with Gasteiger partial charge in [-0.25, -0.2) is 0 Å². The number of ether oxygens (including phenoxy) is 8. The minimum atomic E-state index is -0.840. The molecule has 0 saturated carbocycles. The largest absolute Gasteiger partial charge is 0.507 e. The fraction of sp³-hybridized carbons (Fsp3) is 0.548. The highest BCUT2D eigenvalue weighted by Crippen LogP contribution is 2.23. The number of rotatable bonds is 26. The fourth-order valence-electron chi connectivity index (χ4n) is 3.41. The van der Waals surface area contributed by atoms with Crippen LogP contribution in [0.1, 0.15) is 11.1 Å². The molecular formula is C31H46N2O11. The first-order valence-corrected chi connectivity index (χ1v) is 14.4. The van der Waals surface area contributed by atoms with Crippen LogP contribution in [0.15, 0.2) is 46.4 Å². The van der Waals surface area contributed by atoms with Crippen molar-refractivity contribution in [2.45, 2.75) is 6.10 Å². The number of aromatic hydroxyl groups is 2. The molecule has 13 heteroatoms. The number of aliphatic hydroxyl groups excluding tert-OH is 1. The van der Waals surface area contributed by atoms with Crippen LogP contribution in [0.3, 0.4) is 0 Å². The summed E-state index contributed by atoms with van der Waals surface area (Å²) in [6.07, 6.45) is 2.11. The second-order valence-electron chi connectivity index (χ2n) is 9.22. The van der Waals surface area contributed by atoms with E-state index >= 15 is 0 Å². The number of hydrogen-bond donors (Lipinski definition) is 3. The molecule has 3 N–H and O–H groups in total. The number of phenols is 2. The van der Waals surface area contributed by atoms with Crippen LogP contribution in [0, 0.1) is 0 Å². The van der Waals surface area contributed by atoms with Crippen LogP contribution in [-0.2, 0) is 28.4 Å². The highest BCUT2D eigenvalue weighted by Gasteiger charge is 2.05. The lowest BCUT2D eigenvalue weighted by molar-refractivity contribution is 0.0179. The second kappa shape index (κ2) is 24.1. The number of phenolic OH excluding ortho intramolecular Hbond substituents is 2. The Bertz CT molecular complexity index is 1000. The molecule has 0 unspecified atom stereocenters. The molecule has 0 aromatic heterocycles. The van der Waals surface area contributed by atoms with E-state index in [1.807, 2.05) is 0 Å². The maximum atomic E-state index is 10.3. The number of aliphatic hydroxyl groups is 1. The van der Waals surface area contributed by atoms with Crippen molar-refractivity contribution < 1.29 is 53.2 Å². The van der Waals surface area contributed by atoms with E-state index in [4.69, 9.17) is 37.9 Å². The Morgan fingerprint density at radius 2 is 0.932 bits per heavy atom. The Morgan fingerprint density at radius 3 is 1.30 bits per heavy atom. The van der Waals surface area contributed by atoms with E-state index in [0.717, 1.165) is 0 Å². The zero-order chi connectivity index (χ0) is 31.7. The van der Waals surface area contributed by atoms with Gasteiger partial charge in [0.15, 0.2) is 0 Å². The quantitative estimate of drug-likeness (QED) is 0.104. The van der Waals surface area contributed by atoms with Gasteiger partial charge in [-0.05, 0) is 24.3 Å². The van der Waals surface area contributed by atoms with Crippen molar-refractivity contribution in [1.82, 2.24) is 0 Å². The first-order valence-electron chi connectivity index (χ1n) is 14.4. The molecule has 2 aromatic carbocycles. The predicted octanol–water partition coefficient (Wildman–Crippen LogP) is 2.11. The summed E-state index contributed by atoms with van der Waals surface area (Å²) in [6, 6.07) is 9.77. The van der Waals surface area contributed by atoms with Gasteiger partial charge in [0.1, 0.15) is 36.2 Å². The average molecular weight is 623 g/mol. The summed E-state index contributed by atoms with van der Waals surface area (Å²) in [6.45, 7) is 5.65. The zero-order valence-corrected chi connectivity index (χ0v) is 25.6. The average Bonchev–Trinajstić information content (AvgIpc) is 3.01. The summed E-state index contributed by atoms with van der Waals surface area (Å²) in [7, 11) is 3.24. The summed E-state index contributed by atoms with van der Waals surface area (Å²) in [5.41, 5.74) is 0.978. The summed E-state index contributed by atoms with van der Waals surface area (Å²) >= 11 is 0. The van der Waals surface area contributed by atoms with E-state index in [0.29, 0.717) is 102 Å². The molecule has 0 saturated heterocycles. The van der Waals surface area contributed by atoms with Crippen molar-refractivity contribution in [3.05, 3.63) is 47.5 Å². The van der Waals surface area contributed by atoms with Gasteiger partial charge in [0.2, 0.25) is 0 Å². The molecule has 246 valence electrons. The second-order valence-corrected chi connectivity index (χ2v) is 9.22. The molecule has 0 amide bonds. The van der Waals surface area contributed by atoms with Crippen LogP contribution in [0.4, 0.5) is 0 Å². The molecule has 0 bridgehead atoms. The van der Waals surface area contributed by atoms with E-state index in [2.05, 4.69) is 9.98 Å². The Morgan fingerprint density at radius 1 is 0.568 bits per heavy atom. The number of aliphatic imine (C=N–C) groups is 2. The summed E-state index contributed by atoms with van der Waals surface area (Å²) in [4.78, 5) is 8.39. The Labute approximate surface area is 259 Å². The van der Waals surface area contributed by atoms with E-state index in [-0.39, 0.29) is 24.6 Å². The number of nitrogens with zero attached hydrogens (tertiary/aromatic N) is 2. The van der Waals surface area contributed by atoms with Gasteiger partial charge in [-0.3, -0.25) is 9.98 Å². The molecule has 0 fully saturated rings. The molecular weight excluding hydrogens is 576 g/mol. The minimum absolute atomic E-state index is 0.00460. The lowest BCUT2D eigenvalue weighted by Gasteiger charge is -2.09. The molecule has 0 spiro atoms. The lowest BCUT2D eigenvalue weighted by atomic mass is 10.2. The SMILES string of the molecule is COCCOCCOCCOc1ccc(C=NCC(O)CN=Cc2ccc(OCCOCCOCCOC)cc2O)c(O)c1. The third-order valence-electron chi connectivity index (χ3n) is 5.70. The first kappa shape index (κ1) is 36.9. The Hall–Kier alpha value is -3.30. The van der Waals surface area contributed by atoms with E-state index in [1.54, 1.807) is 38.5 Å². The predicted molar refractivity (Wildman–Crippen MR) is 165 cm³/mol. The van der Waals surface area contributed by atoms with Crippen molar-refractivity contribution >= 4 is 12.4 Å². The number of methoxy groups -OCH3 is 2. The van der Waals surface area contributed by atoms with Crippen LogP contribution in [0.2, 0.25) is 0 Å². The molecule has 0 atom stereocenters. The van der Waals surface area contributed by atoms with Crippen LogP contribution >= 0.6 is 0 Å². The molecule has 0 aliphatic rings. The van der Waals surface area contributed by atoms with Crippen molar-refractivity contribution in [1.29, 1.82) is 0 Å². The maximum Gasteiger partial charge on any atom is 0.128 e. The minimum Gasteiger partial charge on any atom is -0.507 e. The standard InChI is InChI=1S/C31H46N2O11/c1-37-7-9-39-11-13-41-15-17-43-28-5-3-25(30(35)19-28)21-32-23-27(34)24-33-22-26-4-6-29(20-31(26)36)44-18-16-42-14-12-40-10-8-38-2/h3-6,19-22,27,34-36H,7-18,23-24H2,1-2H3. The highest BCUT2D eigenvalue weighted by atomic mass is 16.6. The molecule has 0 heterocycles. The lowest BCUT2D eigenvalue weighted by Crippen LogP contribution is -2.15. The van der Waals surface area contributed by atoms with Gasteiger partial charge in [-0.1, -0.05) is 0 Å². The number of hydrogen-bond acceptors (Lipinski definition) is 13. The van der Waals surface area contributed by atoms with Crippen molar-refractivity contribution in [3.63, 3.8) is 0 Å². The van der Waals surface area contributed by atoms with Crippen molar-refractivity contribution in [3.8, 4) is 23.0 Å². The number of benzene rings is 2. The van der Waals surface area contributed by atoms with Gasteiger partial charge in [-0.15, -0.1) is 0 Å². The highest BCUT2D eigenvalue weighted by molar-refractivity contribution is 5.84. The third-order valence-corrected chi connectivity index (χ3v) is 5.70. The van der Waals surface area contributed by atoms with E-state index in [1.165, 1.54) is 24.6 Å².